The van der Waals surface area contributed by atoms with E-state index in [1.54, 1.807) is 14.2 Å². The fourth-order valence-corrected chi connectivity index (χ4v) is 3.43. The minimum Gasteiger partial charge on any atom is -0.497 e. The summed E-state index contributed by atoms with van der Waals surface area (Å²) in [5, 5.41) is 7.70. The van der Waals surface area contributed by atoms with Crippen molar-refractivity contribution in [3.05, 3.63) is 40.7 Å². The van der Waals surface area contributed by atoms with Crippen molar-refractivity contribution in [2.24, 2.45) is 5.92 Å². The maximum absolute atomic E-state index is 12.6. The van der Waals surface area contributed by atoms with Crippen molar-refractivity contribution in [3.8, 4) is 11.5 Å². The van der Waals surface area contributed by atoms with Crippen LogP contribution in [-0.2, 0) is 17.8 Å². The second-order valence-corrected chi connectivity index (χ2v) is 7.62. The van der Waals surface area contributed by atoms with E-state index in [4.69, 9.17) is 9.47 Å². The van der Waals surface area contributed by atoms with E-state index in [1.165, 1.54) is 5.56 Å². The lowest BCUT2D eigenvalue weighted by Crippen LogP contribution is -2.27. The lowest BCUT2D eigenvalue weighted by molar-refractivity contribution is -0.121. The van der Waals surface area contributed by atoms with Crippen LogP contribution >= 0.6 is 0 Å². The zero-order chi connectivity index (χ0) is 20.8. The summed E-state index contributed by atoms with van der Waals surface area (Å²) in [5.74, 6) is 2.01. The maximum Gasteiger partial charge on any atom is 0.220 e. The molecule has 0 spiro atoms. The molecule has 28 heavy (non-hydrogen) atoms. The highest BCUT2D eigenvalue weighted by molar-refractivity contribution is 5.77. The first-order chi connectivity index (χ1) is 13.3. The van der Waals surface area contributed by atoms with Gasteiger partial charge in [0.25, 0.3) is 0 Å². The number of methoxy groups -OCH3 is 2. The Balaban J connectivity index is 2.02. The van der Waals surface area contributed by atoms with Crippen LogP contribution in [0, 0.1) is 19.8 Å². The van der Waals surface area contributed by atoms with E-state index in [9.17, 15) is 4.79 Å². The number of benzene rings is 1. The number of nitrogens with zero attached hydrogens (tertiary/aromatic N) is 2. The number of rotatable bonds is 9. The number of aromatic nitrogens is 2. The highest BCUT2D eigenvalue weighted by atomic mass is 16.5. The molecule has 0 aliphatic carbocycles. The number of hydrogen-bond acceptors (Lipinski definition) is 4. The Morgan fingerprint density at radius 2 is 1.89 bits per heavy atom. The molecule has 1 atom stereocenters. The van der Waals surface area contributed by atoms with Gasteiger partial charge in [0, 0.05) is 24.2 Å². The van der Waals surface area contributed by atoms with Crippen LogP contribution in [0.5, 0.6) is 11.5 Å². The molecule has 0 unspecified atom stereocenters. The van der Waals surface area contributed by atoms with Crippen LogP contribution in [0.4, 0.5) is 0 Å². The number of amides is 1. The Bertz CT molecular complexity index is 812. The zero-order valence-corrected chi connectivity index (χ0v) is 18.1. The van der Waals surface area contributed by atoms with Gasteiger partial charge >= 0.3 is 0 Å². The van der Waals surface area contributed by atoms with Crippen molar-refractivity contribution in [1.29, 1.82) is 0 Å². The largest absolute Gasteiger partial charge is 0.497 e. The normalized spacial score (nSPS) is 12.1. The van der Waals surface area contributed by atoms with Crippen molar-refractivity contribution in [2.45, 2.75) is 60.0 Å². The highest BCUT2D eigenvalue weighted by Gasteiger charge is 2.17. The summed E-state index contributed by atoms with van der Waals surface area (Å²) < 4.78 is 12.8. The Labute approximate surface area is 168 Å². The van der Waals surface area contributed by atoms with Gasteiger partial charge in [-0.05, 0) is 56.9 Å². The van der Waals surface area contributed by atoms with Crippen molar-refractivity contribution in [1.82, 2.24) is 15.1 Å². The van der Waals surface area contributed by atoms with Crippen molar-refractivity contribution >= 4 is 5.91 Å². The second kappa shape index (κ2) is 9.62. The van der Waals surface area contributed by atoms with Gasteiger partial charge in [-0.3, -0.25) is 9.48 Å². The Morgan fingerprint density at radius 1 is 1.18 bits per heavy atom. The minimum absolute atomic E-state index is 0.00721. The third kappa shape index (κ3) is 5.27. The molecule has 6 nitrogen and oxygen atoms in total. The van der Waals surface area contributed by atoms with E-state index in [0.717, 1.165) is 35.0 Å². The van der Waals surface area contributed by atoms with Crippen LogP contribution in [0.2, 0.25) is 0 Å². The molecule has 1 amide bonds. The molecule has 0 saturated carbocycles. The molecule has 0 aliphatic rings. The molecule has 2 rings (SSSR count). The van der Waals surface area contributed by atoms with Crippen LogP contribution in [0.1, 0.15) is 55.7 Å². The van der Waals surface area contributed by atoms with E-state index in [2.05, 4.69) is 35.9 Å². The van der Waals surface area contributed by atoms with E-state index in [-0.39, 0.29) is 11.9 Å². The first kappa shape index (κ1) is 21.8. The van der Waals surface area contributed by atoms with Crippen LogP contribution in [0.25, 0.3) is 0 Å². The molecule has 1 aromatic carbocycles. The summed E-state index contributed by atoms with van der Waals surface area (Å²) in [6, 6.07) is 5.42. The molecule has 0 fully saturated rings. The molecule has 0 aliphatic heterocycles. The highest BCUT2D eigenvalue weighted by Crippen LogP contribution is 2.29. The Kier molecular flexibility index (Phi) is 7.49. The average molecular weight is 388 g/mol. The van der Waals surface area contributed by atoms with E-state index < -0.39 is 0 Å². The van der Waals surface area contributed by atoms with E-state index >= 15 is 0 Å². The summed E-state index contributed by atoms with van der Waals surface area (Å²) in [5.41, 5.74) is 4.23. The number of nitrogens with one attached hydrogen (secondary N) is 1. The smallest absolute Gasteiger partial charge is 0.220 e. The monoisotopic (exact) mass is 387 g/mol. The van der Waals surface area contributed by atoms with Gasteiger partial charge in [0.05, 0.1) is 26.0 Å². The number of hydrogen-bond donors (Lipinski definition) is 1. The predicted octanol–water partition coefficient (Wildman–Crippen LogP) is 3.98. The Hall–Kier alpha value is -2.50. The second-order valence-electron chi connectivity index (χ2n) is 7.62. The molecule has 6 heteroatoms. The fourth-order valence-electron chi connectivity index (χ4n) is 3.43. The summed E-state index contributed by atoms with van der Waals surface area (Å²) in [6.45, 7) is 11.3. The van der Waals surface area contributed by atoms with Crippen molar-refractivity contribution in [3.63, 3.8) is 0 Å². The summed E-state index contributed by atoms with van der Waals surface area (Å²) in [7, 11) is 3.25. The van der Waals surface area contributed by atoms with Gasteiger partial charge in [-0.1, -0.05) is 13.8 Å². The molecule has 0 saturated heterocycles. The first-order valence-corrected chi connectivity index (χ1v) is 9.81. The van der Waals surface area contributed by atoms with Gasteiger partial charge in [-0.2, -0.15) is 5.10 Å². The number of aryl methyl sites for hydroxylation is 1. The van der Waals surface area contributed by atoms with Crippen molar-refractivity contribution in [2.75, 3.05) is 14.2 Å². The molecular formula is C22H33N3O3. The van der Waals surface area contributed by atoms with Gasteiger partial charge in [-0.15, -0.1) is 0 Å². The summed E-state index contributed by atoms with van der Waals surface area (Å²) in [6.07, 6.45) is 1.11. The summed E-state index contributed by atoms with van der Waals surface area (Å²) in [4.78, 5) is 12.6. The fraction of sp³-hybridized carbons (Fsp3) is 0.545. The van der Waals surface area contributed by atoms with E-state index in [0.29, 0.717) is 18.8 Å². The molecule has 0 radical (unpaired) electrons. The zero-order valence-electron chi connectivity index (χ0n) is 18.1. The first-order valence-electron chi connectivity index (χ1n) is 9.81. The van der Waals surface area contributed by atoms with Gasteiger partial charge in [-0.25, -0.2) is 0 Å². The van der Waals surface area contributed by atoms with Crippen molar-refractivity contribution < 1.29 is 14.3 Å². The predicted molar refractivity (Wildman–Crippen MR) is 111 cm³/mol. The molecule has 154 valence electrons. The van der Waals surface area contributed by atoms with Gasteiger partial charge in [0.15, 0.2) is 0 Å². The third-order valence-electron chi connectivity index (χ3n) is 4.95. The minimum atomic E-state index is -0.177. The van der Waals surface area contributed by atoms with E-state index in [1.807, 2.05) is 32.0 Å². The molecule has 1 N–H and O–H groups in total. The quantitative estimate of drug-likeness (QED) is 0.707. The third-order valence-corrected chi connectivity index (χ3v) is 4.95. The van der Waals surface area contributed by atoms with Gasteiger partial charge in [0.2, 0.25) is 5.91 Å². The molecular weight excluding hydrogens is 354 g/mol. The molecule has 1 aromatic heterocycles. The summed E-state index contributed by atoms with van der Waals surface area (Å²) >= 11 is 0. The topological polar surface area (TPSA) is 65.4 Å². The lowest BCUT2D eigenvalue weighted by atomic mass is 10.0. The van der Waals surface area contributed by atoms with Crippen LogP contribution in [0.15, 0.2) is 18.2 Å². The molecule has 1 heterocycles. The number of carbonyl (C=O) groups is 1. The van der Waals surface area contributed by atoms with Crippen LogP contribution in [0.3, 0.4) is 0 Å². The molecule has 2 aromatic rings. The maximum atomic E-state index is 12.6. The van der Waals surface area contributed by atoms with Crippen LogP contribution in [-0.4, -0.2) is 29.9 Å². The van der Waals surface area contributed by atoms with Gasteiger partial charge in [0.1, 0.15) is 11.5 Å². The SMILES string of the molecule is COc1ccc(OC)c([C@H](C)NC(=O)CCc2c(C)nn(CC(C)C)c2C)c1. The Morgan fingerprint density at radius 3 is 2.50 bits per heavy atom. The molecule has 0 bridgehead atoms. The average Bonchev–Trinajstić information content (AvgIpc) is 2.91. The lowest BCUT2D eigenvalue weighted by Gasteiger charge is -2.18. The number of ether oxygens (including phenoxy) is 2. The van der Waals surface area contributed by atoms with Crippen LogP contribution < -0.4 is 14.8 Å². The van der Waals surface area contributed by atoms with Gasteiger partial charge < -0.3 is 14.8 Å². The number of carbonyl (C=O) groups excluding carboxylic acids is 1. The standard InChI is InChI=1S/C22H33N3O3/c1-14(2)13-25-17(5)19(16(4)24-25)9-11-22(26)23-15(3)20-12-18(27-6)8-10-21(20)28-7/h8,10,12,14-15H,9,11,13H2,1-7H3,(H,23,26)/t15-/m0/s1.